The third-order valence-corrected chi connectivity index (χ3v) is 7.77. The van der Waals surface area contributed by atoms with Crippen LogP contribution in [-0.4, -0.2) is 23.4 Å². The van der Waals surface area contributed by atoms with Crippen LogP contribution in [0.1, 0.15) is 36.8 Å². The topological polar surface area (TPSA) is 67.8 Å². The number of nitrogens with one attached hydrogen (secondary N) is 1. The van der Waals surface area contributed by atoms with Gasteiger partial charge in [-0.25, -0.2) is 9.18 Å². The van der Waals surface area contributed by atoms with E-state index in [1.165, 1.54) is 12.1 Å². The van der Waals surface area contributed by atoms with Crippen molar-refractivity contribution >= 4 is 45.3 Å². The van der Waals surface area contributed by atoms with Crippen LogP contribution in [0.4, 0.5) is 10.1 Å². The molecule has 5 rings (SSSR count). The van der Waals surface area contributed by atoms with Gasteiger partial charge in [-0.05, 0) is 67.2 Å². The minimum atomic E-state index is -1.27. The zero-order valence-corrected chi connectivity index (χ0v) is 18.1. The van der Waals surface area contributed by atoms with Crippen molar-refractivity contribution in [1.82, 2.24) is 0 Å². The van der Waals surface area contributed by atoms with E-state index in [0.29, 0.717) is 31.4 Å². The van der Waals surface area contributed by atoms with Crippen LogP contribution in [0.5, 0.6) is 11.5 Å². The molecule has 2 aromatic carbocycles. The third-order valence-electron chi connectivity index (χ3n) is 6.49. The van der Waals surface area contributed by atoms with Gasteiger partial charge in [0.1, 0.15) is 5.54 Å². The molecule has 0 radical (unpaired) electrons. The Morgan fingerprint density at radius 2 is 1.87 bits per heavy atom. The molecule has 0 atom stereocenters. The predicted molar refractivity (Wildman–Crippen MR) is 115 cm³/mol. The summed E-state index contributed by atoms with van der Waals surface area (Å²) >= 11 is 9.60. The number of hydrogen-bond acceptors (Lipinski definition) is 4. The Balaban J connectivity index is 1.47. The molecular formula is C22H18BrClFNO4. The zero-order valence-electron chi connectivity index (χ0n) is 15.8. The molecule has 30 heavy (non-hydrogen) atoms. The average Bonchev–Trinajstić information content (AvgIpc) is 3.28. The van der Waals surface area contributed by atoms with Gasteiger partial charge in [0.15, 0.2) is 17.3 Å². The Morgan fingerprint density at radius 1 is 1.17 bits per heavy atom. The van der Waals surface area contributed by atoms with Crippen LogP contribution in [0, 0.1) is 5.82 Å². The van der Waals surface area contributed by atoms with Gasteiger partial charge >= 0.3 is 5.97 Å². The van der Waals surface area contributed by atoms with Crippen molar-refractivity contribution in [3.05, 3.63) is 56.8 Å². The van der Waals surface area contributed by atoms with E-state index in [2.05, 4.69) is 27.3 Å². The largest absolute Gasteiger partial charge is 0.480 e. The molecule has 0 amide bonds. The highest BCUT2D eigenvalue weighted by Crippen LogP contribution is 2.57. The first-order valence-corrected chi connectivity index (χ1v) is 10.8. The number of carboxylic acid groups (broad SMARTS) is 1. The molecule has 2 aromatic rings. The van der Waals surface area contributed by atoms with Crippen molar-refractivity contribution in [2.24, 2.45) is 0 Å². The lowest BCUT2D eigenvalue weighted by Crippen LogP contribution is -2.52. The molecule has 5 nitrogen and oxygen atoms in total. The van der Waals surface area contributed by atoms with E-state index in [1.54, 1.807) is 6.07 Å². The van der Waals surface area contributed by atoms with Crippen molar-refractivity contribution in [3.8, 4) is 11.5 Å². The van der Waals surface area contributed by atoms with Gasteiger partial charge in [0.05, 0.1) is 10.7 Å². The lowest BCUT2D eigenvalue weighted by molar-refractivity contribution is -0.143. The highest BCUT2D eigenvalue weighted by molar-refractivity contribution is 9.11. The molecule has 1 fully saturated rings. The lowest BCUT2D eigenvalue weighted by Gasteiger charge is -2.44. The van der Waals surface area contributed by atoms with E-state index >= 15 is 0 Å². The third kappa shape index (κ3) is 2.82. The van der Waals surface area contributed by atoms with Crippen molar-refractivity contribution in [2.45, 2.75) is 36.6 Å². The molecule has 1 spiro atoms. The Bertz CT molecular complexity index is 1090. The predicted octanol–water partition coefficient (Wildman–Crippen LogP) is 5.70. The van der Waals surface area contributed by atoms with E-state index < -0.39 is 17.3 Å². The van der Waals surface area contributed by atoms with Crippen LogP contribution in [0.15, 0.2) is 34.8 Å². The molecule has 2 aliphatic carbocycles. The maximum atomic E-state index is 14.4. The van der Waals surface area contributed by atoms with E-state index in [9.17, 15) is 14.3 Å². The molecule has 0 unspecified atom stereocenters. The second kappa shape index (κ2) is 6.89. The molecule has 3 aliphatic rings. The fourth-order valence-electron chi connectivity index (χ4n) is 4.76. The van der Waals surface area contributed by atoms with Crippen molar-refractivity contribution < 1.29 is 23.8 Å². The zero-order chi connectivity index (χ0) is 21.1. The molecule has 1 aliphatic heterocycles. The Morgan fingerprint density at radius 3 is 2.57 bits per heavy atom. The number of fused-ring (bicyclic) bond motifs is 3. The summed E-state index contributed by atoms with van der Waals surface area (Å²) in [5.41, 5.74) is 0.646. The van der Waals surface area contributed by atoms with Crippen molar-refractivity contribution in [1.29, 1.82) is 0 Å². The highest BCUT2D eigenvalue weighted by Gasteiger charge is 2.51. The number of rotatable bonds is 3. The summed E-state index contributed by atoms with van der Waals surface area (Å²) in [5, 5.41) is 13.0. The molecule has 0 saturated heterocycles. The molecule has 0 bridgehead atoms. The van der Waals surface area contributed by atoms with Crippen LogP contribution < -0.4 is 14.8 Å². The summed E-state index contributed by atoms with van der Waals surface area (Å²) in [6, 6.07) is 8.51. The number of halogens is 3. The molecule has 0 aromatic heterocycles. The van der Waals surface area contributed by atoms with Crippen LogP contribution in [0.25, 0.3) is 6.08 Å². The maximum Gasteiger partial charge on any atom is 0.329 e. The number of anilines is 1. The minimum absolute atomic E-state index is 0.0423. The van der Waals surface area contributed by atoms with Gasteiger partial charge in [0.25, 0.3) is 0 Å². The summed E-state index contributed by atoms with van der Waals surface area (Å²) in [6.07, 6.45) is 3.88. The first-order chi connectivity index (χ1) is 14.3. The SMILES string of the molecule is O=C(O)C1(Nc2cccc(Cl)c2F)CCC2(CC1)C(Br)=Cc1cc3c(cc12)OCO3. The van der Waals surface area contributed by atoms with Crippen molar-refractivity contribution in [3.63, 3.8) is 0 Å². The van der Waals surface area contributed by atoms with Gasteiger partial charge < -0.3 is 19.9 Å². The molecule has 8 heteroatoms. The summed E-state index contributed by atoms with van der Waals surface area (Å²) < 4.78 is 26.5. The fraction of sp³-hybridized carbons (Fsp3) is 0.318. The molecule has 2 N–H and O–H groups in total. The summed E-state index contributed by atoms with van der Waals surface area (Å²) in [4.78, 5) is 12.3. The number of carboxylic acids is 1. The van der Waals surface area contributed by atoms with E-state index in [1.807, 2.05) is 12.1 Å². The molecular weight excluding hydrogens is 477 g/mol. The minimum Gasteiger partial charge on any atom is -0.480 e. The Labute approximate surface area is 185 Å². The summed E-state index contributed by atoms with van der Waals surface area (Å²) in [5.74, 6) is -0.213. The number of benzene rings is 2. The lowest BCUT2D eigenvalue weighted by atomic mass is 9.65. The maximum absolute atomic E-state index is 14.4. The number of allylic oxidation sites excluding steroid dienone is 1. The average molecular weight is 495 g/mol. The molecule has 156 valence electrons. The van der Waals surface area contributed by atoms with Crippen LogP contribution in [-0.2, 0) is 10.2 Å². The quantitative estimate of drug-likeness (QED) is 0.572. The normalized spacial score (nSPS) is 26.4. The highest BCUT2D eigenvalue weighted by atomic mass is 79.9. The van der Waals surface area contributed by atoms with Gasteiger partial charge in [0.2, 0.25) is 6.79 Å². The number of ether oxygens (including phenoxy) is 2. The standard InChI is InChI=1S/C22H18BrClFNO4/c23-18-9-12-8-16-17(30-11-29-16)10-13(12)21(18)4-6-22(7-5-21,20(27)28)26-15-3-1-2-14(24)19(15)25/h1-3,8-10,26H,4-7,11H2,(H,27,28). The molecule has 1 saturated carbocycles. The number of aliphatic carboxylic acids is 1. The van der Waals surface area contributed by atoms with Gasteiger partial charge in [-0.15, -0.1) is 0 Å². The van der Waals surface area contributed by atoms with Crippen molar-refractivity contribution in [2.75, 3.05) is 12.1 Å². The van der Waals surface area contributed by atoms with Gasteiger partial charge in [-0.3, -0.25) is 0 Å². The Hall–Kier alpha value is -2.25. The first-order valence-electron chi connectivity index (χ1n) is 9.62. The van der Waals surface area contributed by atoms with Gasteiger partial charge in [0, 0.05) is 9.90 Å². The number of carbonyl (C=O) groups is 1. The van der Waals surface area contributed by atoms with E-state index in [4.69, 9.17) is 21.1 Å². The van der Waals surface area contributed by atoms with Gasteiger partial charge in [-0.1, -0.05) is 33.6 Å². The summed E-state index contributed by atoms with van der Waals surface area (Å²) in [7, 11) is 0. The van der Waals surface area contributed by atoms with E-state index in [0.717, 1.165) is 21.4 Å². The fourth-order valence-corrected chi connectivity index (χ4v) is 5.79. The summed E-state index contributed by atoms with van der Waals surface area (Å²) in [6.45, 7) is 0.202. The Kier molecular flexibility index (Phi) is 4.52. The van der Waals surface area contributed by atoms with E-state index in [-0.39, 0.29) is 22.9 Å². The van der Waals surface area contributed by atoms with Crippen LogP contribution >= 0.6 is 27.5 Å². The van der Waals surface area contributed by atoms with Crippen LogP contribution in [0.2, 0.25) is 5.02 Å². The smallest absolute Gasteiger partial charge is 0.329 e. The van der Waals surface area contributed by atoms with Gasteiger partial charge in [-0.2, -0.15) is 0 Å². The van der Waals surface area contributed by atoms with Crippen LogP contribution in [0.3, 0.4) is 0 Å². The monoisotopic (exact) mass is 493 g/mol. The second-order valence-corrected chi connectivity index (χ2v) is 9.24. The number of hydrogen-bond donors (Lipinski definition) is 2. The second-order valence-electron chi connectivity index (χ2n) is 7.98. The first kappa shape index (κ1) is 19.7. The molecule has 1 heterocycles.